The summed E-state index contributed by atoms with van der Waals surface area (Å²) in [7, 11) is 1.87. The molecule has 1 heterocycles. The molecule has 2 amide bonds. The van der Waals surface area contributed by atoms with Crippen molar-refractivity contribution in [1.29, 1.82) is 0 Å². The molecule has 0 aromatic heterocycles. The first kappa shape index (κ1) is 16.1. The number of nitrogens with zero attached hydrogens (tertiary/aromatic N) is 2. The first-order chi connectivity index (χ1) is 9.99. The molecule has 2 rings (SSSR count). The third-order valence-electron chi connectivity index (χ3n) is 4.68. The van der Waals surface area contributed by atoms with E-state index in [1.165, 1.54) is 19.3 Å². The van der Waals surface area contributed by atoms with Gasteiger partial charge in [-0.05, 0) is 18.8 Å². The van der Waals surface area contributed by atoms with E-state index >= 15 is 0 Å². The standard InChI is InChI=1S/C15H26N2O4/c1-11-5-3-4-6-13(11)16(2)15(20)17-7-8-21-12(10-17)9-14(18)19/h11-13H,3-10H2,1-2H3,(H,18,19). The summed E-state index contributed by atoms with van der Waals surface area (Å²) in [5, 5.41) is 8.84. The monoisotopic (exact) mass is 298 g/mol. The first-order valence-corrected chi connectivity index (χ1v) is 7.84. The highest BCUT2D eigenvalue weighted by Gasteiger charge is 2.33. The molecule has 0 spiro atoms. The van der Waals surface area contributed by atoms with E-state index in [1.807, 2.05) is 11.9 Å². The fourth-order valence-electron chi connectivity index (χ4n) is 3.45. The topological polar surface area (TPSA) is 70.1 Å². The van der Waals surface area contributed by atoms with Crippen LogP contribution in [0.3, 0.4) is 0 Å². The van der Waals surface area contributed by atoms with Gasteiger partial charge in [-0.2, -0.15) is 0 Å². The minimum absolute atomic E-state index is 0.00689. The highest BCUT2D eigenvalue weighted by molar-refractivity contribution is 5.75. The van der Waals surface area contributed by atoms with E-state index in [0.717, 1.165) is 6.42 Å². The second kappa shape index (κ2) is 7.11. The molecule has 120 valence electrons. The number of carbonyl (C=O) groups excluding carboxylic acids is 1. The molecule has 2 fully saturated rings. The smallest absolute Gasteiger partial charge is 0.320 e. The lowest BCUT2D eigenvalue weighted by molar-refractivity contribution is -0.141. The quantitative estimate of drug-likeness (QED) is 0.862. The number of carboxylic acids is 1. The van der Waals surface area contributed by atoms with Crippen LogP contribution in [0.2, 0.25) is 0 Å². The van der Waals surface area contributed by atoms with Crippen LogP contribution in [0.1, 0.15) is 39.0 Å². The summed E-state index contributed by atoms with van der Waals surface area (Å²) in [6, 6.07) is 0.305. The lowest BCUT2D eigenvalue weighted by Crippen LogP contribution is -2.54. The van der Waals surface area contributed by atoms with Gasteiger partial charge in [0.25, 0.3) is 0 Å². The summed E-state index contributed by atoms with van der Waals surface area (Å²) in [5.74, 6) is -0.355. The summed E-state index contributed by atoms with van der Waals surface area (Å²) in [4.78, 5) is 27.0. The second-order valence-electron chi connectivity index (χ2n) is 6.26. The number of hydrogen-bond donors (Lipinski definition) is 1. The summed E-state index contributed by atoms with van der Waals surface area (Å²) in [6.07, 6.45) is 4.22. The average molecular weight is 298 g/mol. The molecule has 0 bridgehead atoms. The Labute approximate surface area is 126 Å². The number of morpholine rings is 1. The van der Waals surface area contributed by atoms with Crippen LogP contribution in [-0.2, 0) is 9.53 Å². The molecule has 0 aromatic rings. The Morgan fingerprint density at radius 2 is 2.05 bits per heavy atom. The van der Waals surface area contributed by atoms with Gasteiger partial charge in [-0.3, -0.25) is 4.79 Å². The number of rotatable bonds is 3. The van der Waals surface area contributed by atoms with Crippen molar-refractivity contribution >= 4 is 12.0 Å². The van der Waals surface area contributed by atoms with Crippen LogP contribution >= 0.6 is 0 Å². The molecule has 1 saturated heterocycles. The molecular weight excluding hydrogens is 272 g/mol. The van der Waals surface area contributed by atoms with Crippen molar-refractivity contribution in [2.45, 2.75) is 51.2 Å². The predicted octanol–water partition coefficient (Wildman–Crippen LogP) is 1.79. The Morgan fingerprint density at radius 3 is 2.71 bits per heavy atom. The molecule has 3 unspecified atom stereocenters. The van der Waals surface area contributed by atoms with Crippen LogP contribution in [0.15, 0.2) is 0 Å². The van der Waals surface area contributed by atoms with Gasteiger partial charge >= 0.3 is 12.0 Å². The lowest BCUT2D eigenvalue weighted by atomic mass is 9.85. The molecular formula is C15H26N2O4. The van der Waals surface area contributed by atoms with Crippen molar-refractivity contribution in [2.24, 2.45) is 5.92 Å². The van der Waals surface area contributed by atoms with Gasteiger partial charge in [-0.25, -0.2) is 4.79 Å². The van der Waals surface area contributed by atoms with Gasteiger partial charge in [0.1, 0.15) is 0 Å². The van der Waals surface area contributed by atoms with Crippen LogP contribution in [0, 0.1) is 5.92 Å². The number of urea groups is 1. The zero-order valence-corrected chi connectivity index (χ0v) is 13.0. The van der Waals surface area contributed by atoms with Gasteiger partial charge < -0.3 is 19.6 Å². The maximum absolute atomic E-state index is 12.6. The fourth-order valence-corrected chi connectivity index (χ4v) is 3.45. The number of amides is 2. The van der Waals surface area contributed by atoms with Gasteiger partial charge in [0.2, 0.25) is 0 Å². The third kappa shape index (κ3) is 4.09. The molecule has 0 radical (unpaired) electrons. The van der Waals surface area contributed by atoms with E-state index in [-0.39, 0.29) is 12.5 Å². The van der Waals surface area contributed by atoms with Gasteiger partial charge in [-0.15, -0.1) is 0 Å². The minimum atomic E-state index is -0.886. The van der Waals surface area contributed by atoms with Crippen molar-refractivity contribution in [3.8, 4) is 0 Å². The zero-order valence-electron chi connectivity index (χ0n) is 13.0. The van der Waals surface area contributed by atoms with Crippen molar-refractivity contribution in [3.05, 3.63) is 0 Å². The summed E-state index contributed by atoms with van der Waals surface area (Å²) in [6.45, 7) is 3.54. The van der Waals surface area contributed by atoms with E-state index < -0.39 is 12.1 Å². The second-order valence-corrected chi connectivity index (χ2v) is 6.26. The van der Waals surface area contributed by atoms with E-state index in [4.69, 9.17) is 9.84 Å². The largest absolute Gasteiger partial charge is 0.481 e. The molecule has 6 nitrogen and oxygen atoms in total. The Kier molecular flexibility index (Phi) is 5.45. The van der Waals surface area contributed by atoms with E-state index in [2.05, 4.69) is 6.92 Å². The van der Waals surface area contributed by atoms with E-state index in [1.54, 1.807) is 4.90 Å². The number of carbonyl (C=O) groups is 2. The normalized spacial score (nSPS) is 30.0. The maximum Gasteiger partial charge on any atom is 0.320 e. The Bertz CT molecular complexity index is 388. The predicted molar refractivity (Wildman–Crippen MR) is 78.1 cm³/mol. The number of ether oxygens (including phenoxy) is 1. The Morgan fingerprint density at radius 1 is 1.33 bits per heavy atom. The van der Waals surface area contributed by atoms with Crippen molar-refractivity contribution in [3.63, 3.8) is 0 Å². The van der Waals surface area contributed by atoms with Crippen LogP contribution < -0.4 is 0 Å². The molecule has 1 aliphatic carbocycles. The molecule has 3 atom stereocenters. The zero-order chi connectivity index (χ0) is 15.4. The molecule has 1 saturated carbocycles. The summed E-state index contributed by atoms with van der Waals surface area (Å²) in [5.41, 5.74) is 0. The van der Waals surface area contributed by atoms with Gasteiger partial charge in [0.15, 0.2) is 0 Å². The van der Waals surface area contributed by atoms with Crippen molar-refractivity contribution < 1.29 is 19.4 Å². The molecule has 21 heavy (non-hydrogen) atoms. The highest BCUT2D eigenvalue weighted by Crippen LogP contribution is 2.28. The van der Waals surface area contributed by atoms with Crippen LogP contribution in [0.25, 0.3) is 0 Å². The molecule has 1 aliphatic heterocycles. The van der Waals surface area contributed by atoms with E-state index in [9.17, 15) is 9.59 Å². The summed E-state index contributed by atoms with van der Waals surface area (Å²) < 4.78 is 5.42. The molecule has 2 aliphatic rings. The Balaban J connectivity index is 1.93. The third-order valence-corrected chi connectivity index (χ3v) is 4.68. The highest BCUT2D eigenvalue weighted by atomic mass is 16.5. The minimum Gasteiger partial charge on any atom is -0.481 e. The van der Waals surface area contributed by atoms with Crippen LogP contribution in [-0.4, -0.2) is 65.8 Å². The van der Waals surface area contributed by atoms with Crippen molar-refractivity contribution in [2.75, 3.05) is 26.7 Å². The fraction of sp³-hybridized carbons (Fsp3) is 0.867. The van der Waals surface area contributed by atoms with Crippen molar-refractivity contribution in [1.82, 2.24) is 9.80 Å². The van der Waals surface area contributed by atoms with Gasteiger partial charge in [0.05, 0.1) is 19.1 Å². The number of hydrogen-bond acceptors (Lipinski definition) is 3. The van der Waals surface area contributed by atoms with Crippen LogP contribution in [0.4, 0.5) is 4.79 Å². The molecule has 1 N–H and O–H groups in total. The lowest BCUT2D eigenvalue weighted by Gasteiger charge is -2.41. The van der Waals surface area contributed by atoms with Gasteiger partial charge in [-0.1, -0.05) is 19.8 Å². The molecule has 6 heteroatoms. The SMILES string of the molecule is CC1CCCCC1N(C)C(=O)N1CCOC(CC(=O)O)C1. The average Bonchev–Trinajstić information content (AvgIpc) is 2.46. The first-order valence-electron chi connectivity index (χ1n) is 7.84. The molecule has 0 aromatic carbocycles. The van der Waals surface area contributed by atoms with Crippen LogP contribution in [0.5, 0.6) is 0 Å². The summed E-state index contributed by atoms with van der Waals surface area (Å²) >= 11 is 0. The number of aliphatic carboxylic acids is 1. The Hall–Kier alpha value is -1.30. The van der Waals surface area contributed by atoms with E-state index in [0.29, 0.717) is 31.7 Å². The maximum atomic E-state index is 12.6. The number of carboxylic acid groups (broad SMARTS) is 1. The van der Waals surface area contributed by atoms with Gasteiger partial charge in [0, 0.05) is 26.2 Å².